The fraction of sp³-hybridized carbons (Fsp3) is 0.538. The molecule has 1 fully saturated rings. The van der Waals surface area contributed by atoms with Crippen molar-refractivity contribution in [2.75, 3.05) is 31.7 Å². The van der Waals surface area contributed by atoms with E-state index in [1.54, 1.807) is 31.3 Å². The van der Waals surface area contributed by atoms with Gasteiger partial charge in [0.25, 0.3) is 0 Å². The Morgan fingerprint density at radius 3 is 2.53 bits per heavy atom. The molecule has 1 saturated carbocycles. The summed E-state index contributed by atoms with van der Waals surface area (Å²) in [6.07, 6.45) is 2.28. The van der Waals surface area contributed by atoms with Crippen LogP contribution in [0.3, 0.4) is 0 Å². The summed E-state index contributed by atoms with van der Waals surface area (Å²) in [5, 5.41) is 0. The van der Waals surface area contributed by atoms with Crippen molar-refractivity contribution < 1.29 is 13.2 Å². The van der Waals surface area contributed by atoms with Gasteiger partial charge in [-0.2, -0.15) is 0 Å². The molecular weight excluding hydrogens is 264 g/mol. The Hall–Kier alpha value is -1.27. The molecule has 6 heteroatoms. The van der Waals surface area contributed by atoms with Gasteiger partial charge in [0.05, 0.1) is 5.75 Å². The third-order valence-corrected chi connectivity index (χ3v) is 4.96. The molecule has 0 amide bonds. The molecule has 0 aromatic heterocycles. The van der Waals surface area contributed by atoms with E-state index in [0.29, 0.717) is 23.9 Å². The van der Waals surface area contributed by atoms with Gasteiger partial charge in [0.2, 0.25) is 10.0 Å². The Bertz CT molecular complexity index is 509. The molecule has 0 bridgehead atoms. The Morgan fingerprint density at radius 1 is 1.32 bits per heavy atom. The molecule has 0 atom stereocenters. The predicted octanol–water partition coefficient (Wildman–Crippen LogP) is 1.32. The lowest BCUT2D eigenvalue weighted by Crippen LogP contribution is -2.32. The molecule has 1 aromatic carbocycles. The maximum Gasteiger partial charge on any atom is 0.217 e. The van der Waals surface area contributed by atoms with Gasteiger partial charge in [0.15, 0.2) is 0 Å². The van der Waals surface area contributed by atoms with Gasteiger partial charge < -0.3 is 10.5 Å². The Labute approximate surface area is 114 Å². The van der Waals surface area contributed by atoms with E-state index < -0.39 is 10.0 Å². The number of ether oxygens (including phenoxy) is 1. The number of nitrogens with two attached hydrogens (primary N) is 1. The number of anilines is 1. The highest BCUT2D eigenvalue weighted by atomic mass is 32.2. The zero-order valence-corrected chi connectivity index (χ0v) is 11.9. The molecule has 1 aliphatic carbocycles. The van der Waals surface area contributed by atoms with Gasteiger partial charge in [0.1, 0.15) is 12.4 Å². The molecule has 0 spiro atoms. The van der Waals surface area contributed by atoms with Crippen molar-refractivity contribution in [3.63, 3.8) is 0 Å². The Morgan fingerprint density at radius 2 is 1.95 bits per heavy atom. The summed E-state index contributed by atoms with van der Waals surface area (Å²) in [4.78, 5) is 0. The van der Waals surface area contributed by atoms with Crippen LogP contribution in [-0.4, -0.2) is 38.7 Å². The largest absolute Gasteiger partial charge is 0.492 e. The molecule has 1 aromatic rings. The maximum absolute atomic E-state index is 12.0. The van der Waals surface area contributed by atoms with E-state index in [1.165, 1.54) is 4.31 Å². The average molecular weight is 284 g/mol. The van der Waals surface area contributed by atoms with E-state index >= 15 is 0 Å². The summed E-state index contributed by atoms with van der Waals surface area (Å²) in [6.45, 7) is 0.783. The van der Waals surface area contributed by atoms with Gasteiger partial charge >= 0.3 is 0 Å². The van der Waals surface area contributed by atoms with Gasteiger partial charge in [0, 0.05) is 19.3 Å². The first-order valence-electron chi connectivity index (χ1n) is 6.40. The van der Waals surface area contributed by atoms with E-state index in [1.807, 2.05) is 0 Å². The van der Waals surface area contributed by atoms with Crippen LogP contribution < -0.4 is 10.5 Å². The van der Waals surface area contributed by atoms with Crippen molar-refractivity contribution >= 4 is 15.7 Å². The van der Waals surface area contributed by atoms with Crippen molar-refractivity contribution in [2.45, 2.75) is 12.8 Å². The van der Waals surface area contributed by atoms with Crippen LogP contribution in [0.4, 0.5) is 5.69 Å². The number of hydrogen-bond acceptors (Lipinski definition) is 4. The second-order valence-corrected chi connectivity index (χ2v) is 7.15. The van der Waals surface area contributed by atoms with Gasteiger partial charge in [-0.3, -0.25) is 0 Å². The second-order valence-electron chi connectivity index (χ2n) is 4.96. The average Bonchev–Trinajstić information content (AvgIpc) is 3.15. The fourth-order valence-corrected chi connectivity index (χ4v) is 2.81. The third-order valence-electron chi connectivity index (χ3n) is 3.18. The second kappa shape index (κ2) is 5.79. The maximum atomic E-state index is 12.0. The van der Waals surface area contributed by atoms with Crippen molar-refractivity contribution in [2.24, 2.45) is 5.92 Å². The lowest BCUT2D eigenvalue weighted by atomic mass is 10.3. The summed E-state index contributed by atoms with van der Waals surface area (Å²) in [6, 6.07) is 6.91. The minimum Gasteiger partial charge on any atom is -0.492 e. The third kappa shape index (κ3) is 4.40. The summed E-state index contributed by atoms with van der Waals surface area (Å²) in [5.41, 5.74) is 6.22. The molecule has 2 N–H and O–H groups in total. The molecule has 0 heterocycles. The predicted molar refractivity (Wildman–Crippen MR) is 75.5 cm³/mol. The molecule has 2 rings (SSSR count). The van der Waals surface area contributed by atoms with Crippen LogP contribution in [0.1, 0.15) is 12.8 Å². The van der Waals surface area contributed by atoms with Crippen LogP contribution in [0.2, 0.25) is 0 Å². The Kier molecular flexibility index (Phi) is 4.31. The van der Waals surface area contributed by atoms with Gasteiger partial charge in [-0.25, -0.2) is 12.7 Å². The van der Waals surface area contributed by atoms with Crippen molar-refractivity contribution in [3.8, 4) is 5.75 Å². The van der Waals surface area contributed by atoms with Crippen LogP contribution >= 0.6 is 0 Å². The zero-order valence-electron chi connectivity index (χ0n) is 11.1. The number of nitrogens with zero attached hydrogens (tertiary/aromatic N) is 1. The monoisotopic (exact) mass is 284 g/mol. The zero-order chi connectivity index (χ0) is 13.9. The van der Waals surface area contributed by atoms with Crippen LogP contribution in [-0.2, 0) is 10.0 Å². The highest BCUT2D eigenvalue weighted by Gasteiger charge is 2.27. The van der Waals surface area contributed by atoms with Gasteiger partial charge in [-0.1, -0.05) is 0 Å². The lowest BCUT2D eigenvalue weighted by Gasteiger charge is -2.16. The first-order chi connectivity index (χ1) is 8.97. The number of hydrogen-bond donors (Lipinski definition) is 1. The van der Waals surface area contributed by atoms with E-state index in [0.717, 1.165) is 12.8 Å². The highest BCUT2D eigenvalue weighted by molar-refractivity contribution is 7.89. The quantitative estimate of drug-likeness (QED) is 0.766. The smallest absolute Gasteiger partial charge is 0.217 e. The fourth-order valence-electron chi connectivity index (χ4n) is 1.76. The standard InChI is InChI=1S/C13H20N2O3S/c1-15(10-11-2-3-11)19(16,17)9-8-18-13-6-4-12(14)5-7-13/h4-7,11H,2-3,8-10,14H2,1H3. The topological polar surface area (TPSA) is 72.6 Å². The summed E-state index contributed by atoms with van der Waals surface area (Å²) < 4.78 is 30.8. The van der Waals surface area contributed by atoms with E-state index in [2.05, 4.69) is 0 Å². The van der Waals surface area contributed by atoms with E-state index in [-0.39, 0.29) is 12.4 Å². The first kappa shape index (κ1) is 14.1. The molecule has 0 aliphatic heterocycles. The molecule has 0 unspecified atom stereocenters. The van der Waals surface area contributed by atoms with Crippen molar-refractivity contribution in [1.29, 1.82) is 0 Å². The first-order valence-corrected chi connectivity index (χ1v) is 8.00. The van der Waals surface area contributed by atoms with Gasteiger partial charge in [-0.05, 0) is 43.0 Å². The van der Waals surface area contributed by atoms with Crippen LogP contribution in [0.5, 0.6) is 5.75 Å². The number of nitrogen functional groups attached to an aromatic ring is 1. The summed E-state index contributed by atoms with van der Waals surface area (Å²) in [5.74, 6) is 1.19. The molecule has 0 radical (unpaired) electrons. The minimum atomic E-state index is -3.21. The van der Waals surface area contributed by atoms with Crippen molar-refractivity contribution in [3.05, 3.63) is 24.3 Å². The van der Waals surface area contributed by atoms with E-state index in [9.17, 15) is 8.42 Å². The number of benzene rings is 1. The summed E-state index contributed by atoms with van der Waals surface area (Å²) >= 11 is 0. The van der Waals surface area contributed by atoms with Crippen LogP contribution in [0.15, 0.2) is 24.3 Å². The minimum absolute atomic E-state index is 0.000592. The van der Waals surface area contributed by atoms with Crippen LogP contribution in [0.25, 0.3) is 0 Å². The summed E-state index contributed by atoms with van der Waals surface area (Å²) in [7, 11) is -1.57. The van der Waals surface area contributed by atoms with E-state index in [4.69, 9.17) is 10.5 Å². The molecule has 0 saturated heterocycles. The normalized spacial score (nSPS) is 15.7. The number of sulfonamides is 1. The van der Waals surface area contributed by atoms with Gasteiger partial charge in [-0.15, -0.1) is 0 Å². The highest BCUT2D eigenvalue weighted by Crippen LogP contribution is 2.30. The van der Waals surface area contributed by atoms with Crippen LogP contribution in [0, 0.1) is 5.92 Å². The molecule has 19 heavy (non-hydrogen) atoms. The SMILES string of the molecule is CN(CC1CC1)S(=O)(=O)CCOc1ccc(N)cc1. The Balaban J connectivity index is 1.78. The lowest BCUT2D eigenvalue weighted by molar-refractivity contribution is 0.336. The molecule has 1 aliphatic rings. The molecule has 5 nitrogen and oxygen atoms in total. The number of rotatable bonds is 7. The molecule has 106 valence electrons. The molecular formula is C13H20N2O3S. The van der Waals surface area contributed by atoms with Crippen molar-refractivity contribution in [1.82, 2.24) is 4.31 Å².